The molecule has 5 nitrogen and oxygen atoms in total. The number of Topliss-reactive ketones (excluding diaryl/α,β-unsaturated/α-hetero) is 1. The average Bonchev–Trinajstić information content (AvgIpc) is 3.04. The Kier molecular flexibility index (Phi) is 3.77. The molecule has 2 heterocycles. The number of aliphatic hydroxyl groups is 1. The van der Waals surface area contributed by atoms with Gasteiger partial charge in [0.15, 0.2) is 11.9 Å². The zero-order chi connectivity index (χ0) is 19.8. The van der Waals surface area contributed by atoms with Crippen molar-refractivity contribution in [2.45, 2.75) is 75.0 Å². The van der Waals surface area contributed by atoms with Crippen LogP contribution in [0.1, 0.15) is 74.5 Å². The highest BCUT2D eigenvalue weighted by Gasteiger charge is 2.69. The number of nitrogens with zero attached hydrogens (tertiary/aromatic N) is 2. The third-order valence-corrected chi connectivity index (χ3v) is 7.96. The first-order valence-electron chi connectivity index (χ1n) is 10.7. The molecule has 4 aliphatic carbocycles. The first-order chi connectivity index (χ1) is 14.0. The minimum atomic E-state index is -0.709. The van der Waals surface area contributed by atoms with Crippen molar-refractivity contribution in [2.24, 2.45) is 5.41 Å². The van der Waals surface area contributed by atoms with E-state index in [1.54, 1.807) is 18.2 Å². The number of halogens is 1. The Hall–Kier alpha value is -1.85. The van der Waals surface area contributed by atoms with Gasteiger partial charge in [-0.3, -0.25) is 9.48 Å². The third kappa shape index (κ3) is 2.70. The first-order valence-corrected chi connectivity index (χ1v) is 11.1. The highest BCUT2D eigenvalue weighted by molar-refractivity contribution is 6.30. The fourth-order valence-corrected chi connectivity index (χ4v) is 6.20. The second-order valence-electron chi connectivity index (χ2n) is 9.78. The van der Waals surface area contributed by atoms with Gasteiger partial charge in [0, 0.05) is 29.6 Å². The van der Waals surface area contributed by atoms with Gasteiger partial charge in [-0.1, -0.05) is 18.0 Å². The lowest BCUT2D eigenvalue weighted by Crippen LogP contribution is -2.68. The number of aromatic nitrogens is 2. The zero-order valence-corrected chi connectivity index (χ0v) is 17.1. The van der Waals surface area contributed by atoms with Crippen LogP contribution in [0.5, 0.6) is 5.75 Å². The summed E-state index contributed by atoms with van der Waals surface area (Å²) < 4.78 is 8.10. The van der Waals surface area contributed by atoms with Crippen LogP contribution in [0, 0.1) is 5.41 Å². The molecule has 2 atom stereocenters. The minimum Gasteiger partial charge on any atom is -0.482 e. The SMILES string of the molecule is O=C(CC12CC(n3cc(C4CCC4)cn3)(C1)C2)[C@H]1C[C@@H](O)c2cc(Cl)ccc2O1. The molecule has 0 radical (unpaired) electrons. The molecule has 2 aromatic rings. The van der Waals surface area contributed by atoms with Crippen molar-refractivity contribution in [1.82, 2.24) is 9.78 Å². The van der Waals surface area contributed by atoms with E-state index < -0.39 is 12.2 Å². The third-order valence-electron chi connectivity index (χ3n) is 7.72. The number of benzene rings is 1. The van der Waals surface area contributed by atoms with Crippen molar-refractivity contribution >= 4 is 17.4 Å². The van der Waals surface area contributed by atoms with E-state index >= 15 is 0 Å². The summed E-state index contributed by atoms with van der Waals surface area (Å²) >= 11 is 6.01. The van der Waals surface area contributed by atoms with Crippen LogP contribution in [0.15, 0.2) is 30.6 Å². The lowest BCUT2D eigenvalue weighted by atomic mass is 9.38. The zero-order valence-electron chi connectivity index (χ0n) is 16.3. The molecule has 1 aromatic heterocycles. The van der Waals surface area contributed by atoms with Gasteiger partial charge in [0.05, 0.1) is 17.8 Å². The molecule has 29 heavy (non-hydrogen) atoms. The summed E-state index contributed by atoms with van der Waals surface area (Å²) in [6, 6.07) is 5.19. The van der Waals surface area contributed by atoms with Crippen LogP contribution in [0.4, 0.5) is 0 Å². The van der Waals surface area contributed by atoms with Crippen molar-refractivity contribution in [2.75, 3.05) is 0 Å². The number of hydrogen-bond acceptors (Lipinski definition) is 4. The number of ether oxygens (including phenoxy) is 1. The number of hydrogen-bond donors (Lipinski definition) is 1. The lowest BCUT2D eigenvalue weighted by Gasteiger charge is -2.70. The first kappa shape index (κ1) is 18.0. The predicted molar refractivity (Wildman–Crippen MR) is 108 cm³/mol. The number of rotatable bonds is 5. The van der Waals surface area contributed by atoms with E-state index in [2.05, 4.69) is 16.0 Å². The number of fused-ring (bicyclic) bond motifs is 1. The monoisotopic (exact) mass is 412 g/mol. The fraction of sp³-hybridized carbons (Fsp3) is 0.565. The Morgan fingerprint density at radius 1 is 1.31 bits per heavy atom. The Balaban J connectivity index is 1.10. The smallest absolute Gasteiger partial charge is 0.173 e. The van der Waals surface area contributed by atoms with Gasteiger partial charge in [-0.2, -0.15) is 5.10 Å². The highest BCUT2D eigenvalue weighted by Crippen LogP contribution is 2.73. The largest absolute Gasteiger partial charge is 0.482 e. The summed E-state index contributed by atoms with van der Waals surface area (Å²) in [7, 11) is 0. The summed E-state index contributed by atoms with van der Waals surface area (Å²) in [4.78, 5) is 12.9. The van der Waals surface area contributed by atoms with Crippen LogP contribution in [0.2, 0.25) is 5.02 Å². The summed E-state index contributed by atoms with van der Waals surface area (Å²) in [5.41, 5.74) is 2.30. The minimum absolute atomic E-state index is 0.105. The summed E-state index contributed by atoms with van der Waals surface area (Å²) in [5, 5.41) is 15.7. The maximum absolute atomic E-state index is 12.9. The van der Waals surface area contributed by atoms with E-state index in [0.29, 0.717) is 35.1 Å². The maximum Gasteiger partial charge on any atom is 0.173 e. The van der Waals surface area contributed by atoms with E-state index in [4.69, 9.17) is 16.3 Å². The van der Waals surface area contributed by atoms with E-state index in [0.717, 1.165) is 19.3 Å². The van der Waals surface area contributed by atoms with Crippen molar-refractivity contribution in [1.29, 1.82) is 0 Å². The molecule has 5 aliphatic rings. The van der Waals surface area contributed by atoms with Gasteiger partial charge in [-0.05, 0) is 67.2 Å². The number of ketones is 1. The molecule has 0 amide bonds. The van der Waals surface area contributed by atoms with Crippen LogP contribution in [0.25, 0.3) is 0 Å². The van der Waals surface area contributed by atoms with Gasteiger partial charge in [0.25, 0.3) is 0 Å². The van der Waals surface area contributed by atoms with Crippen LogP contribution in [-0.2, 0) is 10.3 Å². The molecular formula is C23H25ClN2O3. The number of carbonyl (C=O) groups excluding carboxylic acids is 1. The molecule has 1 aromatic carbocycles. The molecule has 4 fully saturated rings. The molecule has 0 saturated heterocycles. The standard InChI is InChI=1S/C23H25ClN2O3/c24-16-4-5-20-17(6-16)18(27)7-21(29-20)19(28)8-22-11-23(12-22,13-22)26-10-15(9-25-26)14-2-1-3-14/h4-6,9-10,14,18,21,27H,1-3,7-8,11-13H2/t18-,21-,22?,23?/m1/s1. The van der Waals surface area contributed by atoms with E-state index in [1.165, 1.54) is 24.8 Å². The summed E-state index contributed by atoms with van der Waals surface area (Å²) in [6.07, 6.45) is 10.8. The topological polar surface area (TPSA) is 64.4 Å². The molecular weight excluding hydrogens is 388 g/mol. The molecule has 2 bridgehead atoms. The Labute approximate surface area is 175 Å². The molecule has 1 aliphatic heterocycles. The second kappa shape index (κ2) is 6.08. The Morgan fingerprint density at radius 2 is 2.10 bits per heavy atom. The maximum atomic E-state index is 12.9. The average molecular weight is 413 g/mol. The van der Waals surface area contributed by atoms with E-state index in [9.17, 15) is 9.90 Å². The molecule has 1 N–H and O–H groups in total. The van der Waals surface area contributed by atoms with Gasteiger partial charge in [0.1, 0.15) is 5.75 Å². The Bertz CT molecular complexity index is 976. The van der Waals surface area contributed by atoms with Crippen molar-refractivity contribution in [3.8, 4) is 5.75 Å². The molecule has 6 heteroatoms. The normalized spacial score (nSPS) is 35.0. The fourth-order valence-electron chi connectivity index (χ4n) is 6.02. The van der Waals surface area contributed by atoms with Crippen LogP contribution in [0.3, 0.4) is 0 Å². The van der Waals surface area contributed by atoms with Gasteiger partial charge in [-0.15, -0.1) is 0 Å². The predicted octanol–water partition coefficient (Wildman–Crippen LogP) is 4.53. The van der Waals surface area contributed by atoms with Crippen LogP contribution in [-0.4, -0.2) is 26.8 Å². The Morgan fingerprint density at radius 3 is 2.83 bits per heavy atom. The molecule has 7 rings (SSSR count). The molecule has 0 spiro atoms. The molecule has 152 valence electrons. The van der Waals surface area contributed by atoms with Gasteiger partial charge in [-0.25, -0.2) is 0 Å². The second-order valence-corrected chi connectivity index (χ2v) is 10.2. The highest BCUT2D eigenvalue weighted by atomic mass is 35.5. The molecule has 0 unspecified atom stereocenters. The number of carbonyl (C=O) groups is 1. The molecule has 4 saturated carbocycles. The van der Waals surface area contributed by atoms with E-state index in [-0.39, 0.29) is 16.7 Å². The number of aliphatic hydroxyl groups excluding tert-OH is 1. The summed E-state index contributed by atoms with van der Waals surface area (Å²) in [6.45, 7) is 0. The van der Waals surface area contributed by atoms with Crippen LogP contribution >= 0.6 is 11.6 Å². The van der Waals surface area contributed by atoms with Crippen molar-refractivity contribution in [3.05, 3.63) is 46.7 Å². The summed E-state index contributed by atoms with van der Waals surface area (Å²) in [5.74, 6) is 1.38. The van der Waals surface area contributed by atoms with Crippen molar-refractivity contribution < 1.29 is 14.6 Å². The van der Waals surface area contributed by atoms with Crippen LogP contribution < -0.4 is 4.74 Å². The quantitative estimate of drug-likeness (QED) is 0.783. The van der Waals surface area contributed by atoms with Gasteiger partial charge >= 0.3 is 0 Å². The van der Waals surface area contributed by atoms with Gasteiger partial charge < -0.3 is 9.84 Å². The van der Waals surface area contributed by atoms with Gasteiger partial charge in [0.2, 0.25) is 0 Å². The van der Waals surface area contributed by atoms with E-state index in [1.807, 2.05) is 6.20 Å². The van der Waals surface area contributed by atoms with Crippen molar-refractivity contribution in [3.63, 3.8) is 0 Å². The lowest BCUT2D eigenvalue weighted by molar-refractivity contribution is -0.200.